The molecule has 3 heterocycles. The molecule has 4 rings (SSSR count). The zero-order valence-electron chi connectivity index (χ0n) is 13.9. The van der Waals surface area contributed by atoms with Crippen LogP contribution in [0.2, 0.25) is 0 Å². The summed E-state index contributed by atoms with van der Waals surface area (Å²) in [6.45, 7) is -0.294. The number of imide groups is 1. The van der Waals surface area contributed by atoms with Crippen molar-refractivity contribution < 1.29 is 14.4 Å². The molecule has 0 spiro atoms. The first-order valence-corrected chi connectivity index (χ1v) is 8.40. The fourth-order valence-corrected chi connectivity index (χ4v) is 3.43. The number of carbonyl (C=O) groups is 3. The Hall–Kier alpha value is -3.29. The van der Waals surface area contributed by atoms with Gasteiger partial charge in [0.2, 0.25) is 17.7 Å². The van der Waals surface area contributed by atoms with Gasteiger partial charge in [-0.15, -0.1) is 0 Å². The Balaban J connectivity index is 1.49. The molecule has 2 aromatic heterocycles. The van der Waals surface area contributed by atoms with Gasteiger partial charge in [-0.25, -0.2) is 9.67 Å². The molecule has 132 valence electrons. The molecule has 1 N–H and O–H groups in total. The van der Waals surface area contributed by atoms with Gasteiger partial charge in [0.15, 0.2) is 5.82 Å². The summed E-state index contributed by atoms with van der Waals surface area (Å²) >= 11 is 0. The normalized spacial score (nSPS) is 21.8. The van der Waals surface area contributed by atoms with Crippen LogP contribution in [0.15, 0.2) is 48.9 Å². The van der Waals surface area contributed by atoms with Crippen LogP contribution in [0.5, 0.6) is 0 Å². The van der Waals surface area contributed by atoms with Crippen LogP contribution in [0.4, 0.5) is 5.69 Å². The van der Waals surface area contributed by atoms with Gasteiger partial charge in [-0.1, -0.05) is 12.2 Å². The summed E-state index contributed by atoms with van der Waals surface area (Å²) in [5.41, 5.74) is 0.458. The summed E-state index contributed by atoms with van der Waals surface area (Å²) < 4.78 is 1.53. The molecule has 0 aromatic carbocycles. The Morgan fingerprint density at radius 2 is 1.85 bits per heavy atom. The van der Waals surface area contributed by atoms with Crippen molar-refractivity contribution in [2.45, 2.75) is 12.8 Å². The summed E-state index contributed by atoms with van der Waals surface area (Å²) in [6.07, 6.45) is 9.86. The monoisotopic (exact) mass is 351 g/mol. The number of hydrogen-bond acceptors (Lipinski definition) is 5. The molecule has 0 bridgehead atoms. The number of likely N-dealkylation sites (tertiary alicyclic amines) is 1. The second-order valence-electron chi connectivity index (χ2n) is 6.29. The van der Waals surface area contributed by atoms with Gasteiger partial charge >= 0.3 is 0 Å². The zero-order valence-corrected chi connectivity index (χ0v) is 13.9. The topological polar surface area (TPSA) is 97.2 Å². The van der Waals surface area contributed by atoms with Gasteiger partial charge in [0.05, 0.1) is 17.5 Å². The maximum atomic E-state index is 12.5. The number of aromatic nitrogens is 3. The lowest BCUT2D eigenvalue weighted by molar-refractivity contribution is -0.142. The van der Waals surface area contributed by atoms with Gasteiger partial charge in [0, 0.05) is 18.6 Å². The minimum absolute atomic E-state index is 0.266. The van der Waals surface area contributed by atoms with Crippen LogP contribution in [0.3, 0.4) is 0 Å². The molecule has 0 saturated carbocycles. The SMILES string of the molecule is O=C(CN1C(=O)[C@H]2CC=CC[C@H]2C1=O)Nc1cccnc1-n1cccn1. The van der Waals surface area contributed by atoms with Crippen molar-refractivity contribution in [1.82, 2.24) is 19.7 Å². The van der Waals surface area contributed by atoms with Crippen molar-refractivity contribution in [3.63, 3.8) is 0 Å². The average molecular weight is 351 g/mol. The molecular weight excluding hydrogens is 334 g/mol. The molecule has 2 aliphatic rings. The Morgan fingerprint density at radius 1 is 1.12 bits per heavy atom. The van der Waals surface area contributed by atoms with Crippen molar-refractivity contribution >= 4 is 23.4 Å². The molecule has 8 nitrogen and oxygen atoms in total. The van der Waals surface area contributed by atoms with Crippen molar-refractivity contribution in [1.29, 1.82) is 0 Å². The Bertz CT molecular complexity index is 864. The molecule has 0 radical (unpaired) electrons. The third-order valence-electron chi connectivity index (χ3n) is 4.68. The second-order valence-corrected chi connectivity index (χ2v) is 6.29. The van der Waals surface area contributed by atoms with E-state index in [0.29, 0.717) is 24.3 Å². The van der Waals surface area contributed by atoms with Gasteiger partial charge in [-0.05, 0) is 31.0 Å². The largest absolute Gasteiger partial charge is 0.321 e. The lowest BCUT2D eigenvalue weighted by atomic mass is 9.85. The molecule has 1 saturated heterocycles. The first-order valence-electron chi connectivity index (χ1n) is 8.40. The van der Waals surface area contributed by atoms with E-state index in [-0.39, 0.29) is 30.2 Å². The summed E-state index contributed by atoms with van der Waals surface area (Å²) in [7, 11) is 0. The number of rotatable bonds is 4. The van der Waals surface area contributed by atoms with Crippen LogP contribution < -0.4 is 5.32 Å². The molecule has 0 unspecified atom stereocenters. The van der Waals surface area contributed by atoms with Crippen molar-refractivity contribution in [3.05, 3.63) is 48.9 Å². The maximum absolute atomic E-state index is 12.5. The minimum atomic E-state index is -0.445. The van der Waals surface area contributed by atoms with Crippen LogP contribution in [0.1, 0.15) is 12.8 Å². The van der Waals surface area contributed by atoms with Crippen LogP contribution >= 0.6 is 0 Å². The van der Waals surface area contributed by atoms with E-state index in [1.54, 1.807) is 36.8 Å². The van der Waals surface area contributed by atoms with Gasteiger partial charge in [0.1, 0.15) is 6.54 Å². The summed E-state index contributed by atoms with van der Waals surface area (Å²) in [5.74, 6) is -1.19. The summed E-state index contributed by atoms with van der Waals surface area (Å²) in [4.78, 5) is 42.7. The quantitative estimate of drug-likeness (QED) is 0.658. The van der Waals surface area contributed by atoms with Crippen molar-refractivity contribution in [2.75, 3.05) is 11.9 Å². The highest BCUT2D eigenvalue weighted by atomic mass is 16.2. The number of nitrogens with one attached hydrogen (secondary N) is 1. The molecule has 26 heavy (non-hydrogen) atoms. The molecule has 1 aliphatic carbocycles. The number of carbonyl (C=O) groups excluding carboxylic acids is 3. The van der Waals surface area contributed by atoms with Crippen LogP contribution in [0.25, 0.3) is 5.82 Å². The zero-order chi connectivity index (χ0) is 18.1. The number of fused-ring (bicyclic) bond motifs is 1. The first kappa shape index (κ1) is 16.2. The van der Waals surface area contributed by atoms with E-state index in [9.17, 15) is 14.4 Å². The smallest absolute Gasteiger partial charge is 0.244 e. The lowest BCUT2D eigenvalue weighted by Gasteiger charge is -2.15. The number of hydrogen-bond donors (Lipinski definition) is 1. The second kappa shape index (κ2) is 6.55. The highest BCUT2D eigenvalue weighted by Gasteiger charge is 2.47. The van der Waals surface area contributed by atoms with Crippen LogP contribution in [-0.4, -0.2) is 43.9 Å². The fraction of sp³-hybridized carbons (Fsp3) is 0.278. The van der Waals surface area contributed by atoms with Gasteiger partial charge in [-0.2, -0.15) is 5.10 Å². The molecule has 8 heteroatoms. The molecule has 3 amide bonds. The lowest BCUT2D eigenvalue weighted by Crippen LogP contribution is -2.38. The third kappa shape index (κ3) is 2.79. The van der Waals surface area contributed by atoms with E-state index in [1.165, 1.54) is 4.68 Å². The highest BCUT2D eigenvalue weighted by Crippen LogP contribution is 2.34. The third-order valence-corrected chi connectivity index (χ3v) is 4.68. The van der Waals surface area contributed by atoms with E-state index in [2.05, 4.69) is 15.4 Å². The fourth-order valence-electron chi connectivity index (χ4n) is 3.43. The Kier molecular flexibility index (Phi) is 4.08. The van der Waals surface area contributed by atoms with Crippen LogP contribution in [0, 0.1) is 11.8 Å². The maximum Gasteiger partial charge on any atom is 0.244 e. The number of pyridine rings is 1. The van der Waals surface area contributed by atoms with Crippen molar-refractivity contribution in [3.8, 4) is 5.82 Å². The van der Waals surface area contributed by atoms with Gasteiger partial charge < -0.3 is 5.32 Å². The summed E-state index contributed by atoms with van der Waals surface area (Å²) in [5, 5.41) is 6.83. The molecule has 2 atom stereocenters. The molecule has 1 fully saturated rings. The van der Waals surface area contributed by atoms with Crippen LogP contribution in [-0.2, 0) is 14.4 Å². The first-order chi connectivity index (χ1) is 12.6. The Labute approximate surface area is 149 Å². The standard InChI is InChI=1S/C18H17N5O3/c24-15(11-22-17(25)12-5-1-2-6-13(12)18(22)26)21-14-7-3-8-19-16(14)23-10-4-9-20-23/h1-4,7-10,12-13H,5-6,11H2,(H,21,24)/t12-,13+. The highest BCUT2D eigenvalue weighted by molar-refractivity contribution is 6.09. The number of nitrogens with zero attached hydrogens (tertiary/aromatic N) is 4. The van der Waals surface area contributed by atoms with Crippen molar-refractivity contribution in [2.24, 2.45) is 11.8 Å². The number of amides is 3. The van der Waals surface area contributed by atoms with Gasteiger partial charge in [0.25, 0.3) is 0 Å². The number of allylic oxidation sites excluding steroid dienone is 2. The predicted octanol–water partition coefficient (Wildman–Crippen LogP) is 1.16. The molecule has 1 aliphatic heterocycles. The van der Waals surface area contributed by atoms with E-state index >= 15 is 0 Å². The predicted molar refractivity (Wildman–Crippen MR) is 92.1 cm³/mol. The Morgan fingerprint density at radius 3 is 2.50 bits per heavy atom. The number of anilines is 1. The minimum Gasteiger partial charge on any atom is -0.321 e. The van der Waals surface area contributed by atoms with E-state index in [0.717, 1.165) is 4.90 Å². The van der Waals surface area contributed by atoms with Gasteiger partial charge in [-0.3, -0.25) is 19.3 Å². The van der Waals surface area contributed by atoms with E-state index in [1.807, 2.05) is 12.2 Å². The molecule has 2 aromatic rings. The van der Waals surface area contributed by atoms with E-state index < -0.39 is 5.91 Å². The summed E-state index contributed by atoms with van der Waals surface area (Å²) in [6, 6.07) is 5.13. The average Bonchev–Trinajstić information content (AvgIpc) is 3.26. The van der Waals surface area contributed by atoms with E-state index in [4.69, 9.17) is 0 Å². The molecular formula is C18H17N5O3.